The highest BCUT2D eigenvalue weighted by Crippen LogP contribution is 2.34. The van der Waals surface area contributed by atoms with Gasteiger partial charge in [-0.3, -0.25) is 25.0 Å². The summed E-state index contributed by atoms with van der Waals surface area (Å²) in [6.45, 7) is 4.02. The Bertz CT molecular complexity index is 1170. The average molecular weight is 437 g/mol. The molecule has 0 bridgehead atoms. The minimum Gasteiger partial charge on any atom is -0.312 e. The molecular formula is C21H19N5O4S. The summed E-state index contributed by atoms with van der Waals surface area (Å²) in [6, 6.07) is 12.1. The highest BCUT2D eigenvalue weighted by molar-refractivity contribution is 7.15. The molecule has 1 aliphatic rings. The van der Waals surface area contributed by atoms with Crippen LogP contribution in [0.2, 0.25) is 0 Å². The molecule has 2 aromatic carbocycles. The molecule has 1 unspecified atom stereocenters. The number of carbonyl (C=O) groups excluding carboxylic acids is 2. The van der Waals surface area contributed by atoms with Gasteiger partial charge in [0.25, 0.3) is 11.6 Å². The van der Waals surface area contributed by atoms with E-state index in [0.29, 0.717) is 18.0 Å². The monoisotopic (exact) mass is 437 g/mol. The van der Waals surface area contributed by atoms with Crippen LogP contribution < -0.4 is 10.2 Å². The Morgan fingerprint density at radius 2 is 1.94 bits per heavy atom. The molecule has 1 saturated heterocycles. The van der Waals surface area contributed by atoms with Crippen LogP contribution in [0.4, 0.5) is 16.5 Å². The van der Waals surface area contributed by atoms with Gasteiger partial charge >= 0.3 is 0 Å². The molecule has 10 heteroatoms. The zero-order chi connectivity index (χ0) is 22.1. The molecule has 0 radical (unpaired) electrons. The number of nitro benzene ring substituents is 1. The number of nitrogens with zero attached hydrogens (tertiary/aromatic N) is 4. The summed E-state index contributed by atoms with van der Waals surface area (Å²) in [7, 11) is 0. The van der Waals surface area contributed by atoms with Crippen LogP contribution in [0.1, 0.15) is 38.8 Å². The first-order valence-electron chi connectivity index (χ1n) is 9.59. The van der Waals surface area contributed by atoms with Gasteiger partial charge in [-0.1, -0.05) is 35.1 Å². The van der Waals surface area contributed by atoms with E-state index in [2.05, 4.69) is 15.5 Å². The van der Waals surface area contributed by atoms with Crippen molar-refractivity contribution in [3.8, 4) is 0 Å². The third-order valence-electron chi connectivity index (χ3n) is 5.23. The fourth-order valence-electron chi connectivity index (χ4n) is 3.53. The zero-order valence-corrected chi connectivity index (χ0v) is 17.7. The second kappa shape index (κ2) is 8.23. The summed E-state index contributed by atoms with van der Waals surface area (Å²) in [5, 5.41) is 22.9. The van der Waals surface area contributed by atoms with Gasteiger partial charge < -0.3 is 4.90 Å². The Balaban J connectivity index is 1.47. The molecule has 31 heavy (non-hydrogen) atoms. The minimum absolute atomic E-state index is 0.0156. The molecule has 158 valence electrons. The minimum atomic E-state index is -0.522. The summed E-state index contributed by atoms with van der Waals surface area (Å²) in [4.78, 5) is 37.4. The molecule has 2 amide bonds. The van der Waals surface area contributed by atoms with Crippen molar-refractivity contribution < 1.29 is 14.5 Å². The van der Waals surface area contributed by atoms with E-state index in [1.165, 1.54) is 36.5 Å². The van der Waals surface area contributed by atoms with Gasteiger partial charge in [0, 0.05) is 41.8 Å². The first kappa shape index (κ1) is 20.6. The van der Waals surface area contributed by atoms with Crippen molar-refractivity contribution in [3.05, 3.63) is 74.3 Å². The number of nitrogens with one attached hydrogen (secondary N) is 1. The van der Waals surface area contributed by atoms with Gasteiger partial charge in [0.2, 0.25) is 11.0 Å². The predicted octanol–water partition coefficient (Wildman–Crippen LogP) is 3.84. The molecule has 1 aliphatic heterocycles. The normalized spacial score (nSPS) is 15.9. The van der Waals surface area contributed by atoms with Gasteiger partial charge in [0.05, 0.1) is 4.92 Å². The number of anilines is 2. The highest BCUT2D eigenvalue weighted by Gasteiger charge is 2.34. The largest absolute Gasteiger partial charge is 0.312 e. The van der Waals surface area contributed by atoms with Crippen molar-refractivity contribution in [2.24, 2.45) is 0 Å². The molecule has 1 aromatic heterocycles. The van der Waals surface area contributed by atoms with Crippen molar-refractivity contribution in [2.45, 2.75) is 26.2 Å². The molecular weight excluding hydrogens is 418 g/mol. The number of carbonyl (C=O) groups is 2. The van der Waals surface area contributed by atoms with Crippen LogP contribution in [0.15, 0.2) is 42.5 Å². The molecule has 0 saturated carbocycles. The second-order valence-electron chi connectivity index (χ2n) is 7.35. The lowest BCUT2D eigenvalue weighted by atomic mass is 10.1. The number of hydrogen-bond donors (Lipinski definition) is 1. The van der Waals surface area contributed by atoms with E-state index in [4.69, 9.17) is 0 Å². The molecule has 4 rings (SSSR count). The maximum absolute atomic E-state index is 12.6. The number of hydrogen-bond acceptors (Lipinski definition) is 7. The number of aryl methyl sites for hydroxylation is 1. The lowest BCUT2D eigenvalue weighted by Gasteiger charge is -2.16. The fourth-order valence-corrected chi connectivity index (χ4v) is 4.36. The smallest absolute Gasteiger partial charge is 0.273 e. The van der Waals surface area contributed by atoms with Gasteiger partial charge in [0.15, 0.2) is 0 Å². The fraction of sp³-hybridized carbons (Fsp3) is 0.238. The Morgan fingerprint density at radius 1 is 1.19 bits per heavy atom. The zero-order valence-electron chi connectivity index (χ0n) is 16.9. The quantitative estimate of drug-likeness (QED) is 0.479. The van der Waals surface area contributed by atoms with Gasteiger partial charge in [-0.2, -0.15) is 0 Å². The van der Waals surface area contributed by atoms with E-state index in [-0.39, 0.29) is 33.8 Å². The van der Waals surface area contributed by atoms with E-state index in [1.54, 1.807) is 4.90 Å². The third-order valence-corrected chi connectivity index (χ3v) is 6.23. The molecule has 9 nitrogen and oxygen atoms in total. The van der Waals surface area contributed by atoms with E-state index >= 15 is 0 Å². The molecule has 1 atom stereocenters. The molecule has 2 heterocycles. The van der Waals surface area contributed by atoms with Crippen LogP contribution in [0.25, 0.3) is 0 Å². The van der Waals surface area contributed by atoms with Crippen molar-refractivity contribution >= 4 is 39.7 Å². The van der Waals surface area contributed by atoms with Crippen LogP contribution in [-0.2, 0) is 4.79 Å². The number of rotatable bonds is 5. The molecule has 0 aliphatic carbocycles. The lowest BCUT2D eigenvalue weighted by molar-refractivity contribution is -0.385. The summed E-state index contributed by atoms with van der Waals surface area (Å²) in [6.07, 6.45) is 0.320. The number of benzene rings is 2. The first-order valence-corrected chi connectivity index (χ1v) is 10.4. The van der Waals surface area contributed by atoms with Crippen LogP contribution in [-0.4, -0.2) is 33.5 Å². The Kier molecular flexibility index (Phi) is 5.47. The Hall–Kier alpha value is -3.66. The van der Waals surface area contributed by atoms with Crippen molar-refractivity contribution in [1.29, 1.82) is 0 Å². The van der Waals surface area contributed by atoms with Gasteiger partial charge in [-0.15, -0.1) is 10.2 Å². The molecule has 1 fully saturated rings. The van der Waals surface area contributed by atoms with E-state index in [0.717, 1.165) is 11.3 Å². The summed E-state index contributed by atoms with van der Waals surface area (Å²) < 4.78 is 0. The average Bonchev–Trinajstić information content (AvgIpc) is 3.35. The second-order valence-corrected chi connectivity index (χ2v) is 8.36. The SMILES string of the molecule is Cc1ccc(N2CC(c3nnc(NC(=O)c4cccc([N+](=O)[O-])c4C)s3)CC2=O)cc1. The first-order chi connectivity index (χ1) is 14.8. The summed E-state index contributed by atoms with van der Waals surface area (Å²) in [5.41, 5.74) is 2.33. The number of aromatic nitrogens is 2. The maximum Gasteiger partial charge on any atom is 0.273 e. The lowest BCUT2D eigenvalue weighted by Crippen LogP contribution is -2.24. The third kappa shape index (κ3) is 4.15. The number of nitro groups is 1. The van der Waals surface area contributed by atoms with Crippen molar-refractivity contribution in [2.75, 3.05) is 16.8 Å². The maximum atomic E-state index is 12.6. The van der Waals surface area contributed by atoms with E-state index in [1.807, 2.05) is 31.2 Å². The van der Waals surface area contributed by atoms with Crippen LogP contribution in [0.3, 0.4) is 0 Å². The molecule has 1 N–H and O–H groups in total. The summed E-state index contributed by atoms with van der Waals surface area (Å²) >= 11 is 1.20. The Labute approximate surface area is 181 Å². The predicted molar refractivity (Wildman–Crippen MR) is 117 cm³/mol. The van der Waals surface area contributed by atoms with E-state index < -0.39 is 10.8 Å². The highest BCUT2D eigenvalue weighted by atomic mass is 32.1. The van der Waals surface area contributed by atoms with Gasteiger partial charge in [-0.25, -0.2) is 0 Å². The standard InChI is InChI=1S/C21H19N5O4S/c1-12-6-8-15(9-7-12)25-11-14(10-18(25)27)20-23-24-21(31-20)22-19(28)16-4-3-5-17(13(16)2)26(29)30/h3-9,14H,10-11H2,1-2H3,(H,22,24,28). The van der Waals surface area contributed by atoms with Crippen LogP contribution in [0, 0.1) is 24.0 Å². The van der Waals surface area contributed by atoms with Crippen molar-refractivity contribution in [3.63, 3.8) is 0 Å². The van der Waals surface area contributed by atoms with Crippen molar-refractivity contribution in [1.82, 2.24) is 10.2 Å². The molecule has 0 spiro atoms. The molecule has 3 aromatic rings. The number of amides is 2. The van der Waals surface area contributed by atoms with Crippen LogP contribution >= 0.6 is 11.3 Å². The summed E-state index contributed by atoms with van der Waals surface area (Å²) in [5.74, 6) is -0.592. The van der Waals surface area contributed by atoms with Gasteiger partial charge in [-0.05, 0) is 32.0 Å². The van der Waals surface area contributed by atoms with E-state index in [9.17, 15) is 19.7 Å². The van der Waals surface area contributed by atoms with Gasteiger partial charge in [0.1, 0.15) is 5.01 Å². The topological polar surface area (TPSA) is 118 Å². The van der Waals surface area contributed by atoms with Crippen LogP contribution in [0.5, 0.6) is 0 Å². The Morgan fingerprint density at radius 3 is 2.65 bits per heavy atom.